The lowest BCUT2D eigenvalue weighted by Gasteiger charge is -2.36. The molecule has 2 aliphatic heterocycles. The lowest BCUT2D eigenvalue weighted by Crippen LogP contribution is -3.17. The van der Waals surface area contributed by atoms with E-state index >= 15 is 0 Å². The van der Waals surface area contributed by atoms with Gasteiger partial charge in [0.15, 0.2) is 11.4 Å². The Bertz CT molecular complexity index is 1250. The number of Topliss-reactive ketones (excluding diaryl/α,β-unsaturated/α-hetero) is 2. The molecule has 0 bridgehead atoms. The molecule has 1 aromatic carbocycles. The molecule has 1 saturated heterocycles. The Hall–Kier alpha value is -3.80. The smallest absolute Gasteiger partial charge is 0.339 e. The third-order valence-electron chi connectivity index (χ3n) is 6.93. The molecule has 1 unspecified atom stereocenters. The molecule has 1 aromatic heterocycles. The van der Waals surface area contributed by atoms with Gasteiger partial charge in [0.1, 0.15) is 5.82 Å². The van der Waals surface area contributed by atoms with Crippen molar-refractivity contribution in [1.82, 2.24) is 20.3 Å². The number of rotatable bonds is 8. The molecule has 11 nitrogen and oxygen atoms in total. The van der Waals surface area contributed by atoms with E-state index in [1.54, 1.807) is 36.5 Å². The number of carbonyl (C=O) groups is 3. The van der Waals surface area contributed by atoms with Gasteiger partial charge in [-0.25, -0.2) is 15.2 Å². The number of carbonyl (C=O) groups excluding carboxylic acids is 3. The van der Waals surface area contributed by atoms with Crippen LogP contribution in [0.2, 0.25) is 0 Å². The highest BCUT2D eigenvalue weighted by Crippen LogP contribution is 2.27. The number of pyridine rings is 1. The minimum Gasteiger partial charge on any atom is -0.582 e. The highest BCUT2D eigenvalue weighted by atomic mass is 16.6. The fourth-order valence-electron chi connectivity index (χ4n) is 4.90. The van der Waals surface area contributed by atoms with Gasteiger partial charge in [-0.1, -0.05) is 38.1 Å². The Morgan fingerprint density at radius 1 is 1.05 bits per heavy atom. The molecule has 11 heteroatoms. The summed E-state index contributed by atoms with van der Waals surface area (Å²) in [5.41, 5.74) is 3.95. The molecule has 1 aliphatic carbocycles. The lowest BCUT2D eigenvalue weighted by atomic mass is 9.90. The summed E-state index contributed by atoms with van der Waals surface area (Å²) < 4.78 is 5.26. The topological polar surface area (TPSA) is 123 Å². The van der Waals surface area contributed by atoms with Crippen molar-refractivity contribution in [2.75, 3.05) is 50.8 Å². The van der Waals surface area contributed by atoms with Gasteiger partial charge < -0.3 is 14.8 Å². The van der Waals surface area contributed by atoms with Crippen molar-refractivity contribution in [3.63, 3.8) is 0 Å². The van der Waals surface area contributed by atoms with E-state index in [4.69, 9.17) is 4.74 Å². The summed E-state index contributed by atoms with van der Waals surface area (Å²) >= 11 is 0. The van der Waals surface area contributed by atoms with Crippen molar-refractivity contribution in [2.45, 2.75) is 20.3 Å². The molecule has 2 aromatic rings. The number of fused-ring (bicyclic) bond motifs is 1. The normalized spacial score (nSPS) is 19.5. The van der Waals surface area contributed by atoms with Gasteiger partial charge in [0, 0.05) is 50.0 Å². The van der Waals surface area contributed by atoms with Crippen LogP contribution < -0.4 is 15.6 Å². The maximum atomic E-state index is 13.1. The minimum absolute atomic E-state index is 0.0824. The highest BCUT2D eigenvalue weighted by Gasteiger charge is 2.43. The summed E-state index contributed by atoms with van der Waals surface area (Å²) in [7, 11) is 0. The predicted molar refractivity (Wildman–Crippen MR) is 139 cm³/mol. The van der Waals surface area contributed by atoms with Crippen LogP contribution in [0, 0.1) is 11.1 Å². The molecular weight excluding hydrogens is 488 g/mol. The number of ether oxygens (including phenoxy) is 1. The number of esters is 1. The van der Waals surface area contributed by atoms with Crippen molar-refractivity contribution in [1.29, 1.82) is 0 Å². The molecule has 38 heavy (non-hydrogen) atoms. The molecule has 0 saturated carbocycles. The van der Waals surface area contributed by atoms with Gasteiger partial charge in [-0.05, 0) is 24.5 Å². The minimum atomic E-state index is -0.433. The monoisotopic (exact) mass is 520 g/mol. The highest BCUT2D eigenvalue weighted by molar-refractivity contribution is 6.26. The SMILES string of the molecule is CC(C)COC(=O)c1ccc(N2CCN(CCCN3C4=C(N[NH+]3[O-])C(=O)c3ccccc3C4=O)CC2)nc1. The van der Waals surface area contributed by atoms with E-state index in [2.05, 4.69) is 20.2 Å². The van der Waals surface area contributed by atoms with E-state index in [1.807, 2.05) is 19.9 Å². The fraction of sp³-hybridized carbons (Fsp3) is 0.407. The number of nitrogens with zero attached hydrogens (tertiary/aromatic N) is 4. The molecule has 3 aliphatic rings. The van der Waals surface area contributed by atoms with E-state index < -0.39 is 5.28 Å². The second kappa shape index (κ2) is 10.9. The number of anilines is 1. The average molecular weight is 521 g/mol. The maximum Gasteiger partial charge on any atom is 0.339 e. The third-order valence-corrected chi connectivity index (χ3v) is 6.93. The van der Waals surface area contributed by atoms with E-state index in [9.17, 15) is 19.6 Å². The number of allylic oxidation sites excluding steroid dienone is 2. The van der Waals surface area contributed by atoms with E-state index in [1.165, 1.54) is 5.01 Å². The summed E-state index contributed by atoms with van der Waals surface area (Å²) in [5.74, 6) is 0.116. The van der Waals surface area contributed by atoms with Gasteiger partial charge in [-0.15, -0.1) is 0 Å². The van der Waals surface area contributed by atoms with Crippen LogP contribution >= 0.6 is 0 Å². The second-order valence-corrected chi connectivity index (χ2v) is 10.1. The first-order chi connectivity index (χ1) is 18.3. The Labute approximate surface area is 221 Å². The first kappa shape index (κ1) is 25.8. The van der Waals surface area contributed by atoms with Gasteiger partial charge in [0.2, 0.25) is 11.6 Å². The second-order valence-electron chi connectivity index (χ2n) is 10.1. The number of ketones is 2. The lowest BCUT2D eigenvalue weighted by molar-refractivity contribution is -0.993. The number of hydrogen-bond acceptors (Lipinski definition) is 10. The Morgan fingerprint density at radius 3 is 2.42 bits per heavy atom. The largest absolute Gasteiger partial charge is 0.582 e. The van der Waals surface area contributed by atoms with Gasteiger partial charge >= 0.3 is 5.97 Å². The number of benzene rings is 1. The zero-order valence-corrected chi connectivity index (χ0v) is 21.6. The third kappa shape index (κ3) is 5.13. The van der Waals surface area contributed by atoms with Gasteiger partial charge in [0.25, 0.3) is 0 Å². The molecular formula is C27H32N6O5. The van der Waals surface area contributed by atoms with Crippen molar-refractivity contribution in [3.8, 4) is 0 Å². The summed E-state index contributed by atoms with van der Waals surface area (Å²) in [5, 5.41) is 13.6. The van der Waals surface area contributed by atoms with Crippen LogP contribution in [0.15, 0.2) is 54.0 Å². The van der Waals surface area contributed by atoms with Crippen LogP contribution in [0.5, 0.6) is 0 Å². The molecule has 5 rings (SSSR count). The van der Waals surface area contributed by atoms with Crippen molar-refractivity contribution >= 4 is 23.4 Å². The molecule has 3 heterocycles. The summed E-state index contributed by atoms with van der Waals surface area (Å²) in [4.78, 5) is 46.9. The molecule has 2 N–H and O–H groups in total. The molecule has 0 radical (unpaired) electrons. The zero-order chi connectivity index (χ0) is 26.8. The van der Waals surface area contributed by atoms with Crippen LogP contribution in [-0.2, 0) is 4.74 Å². The van der Waals surface area contributed by atoms with E-state index in [0.717, 1.165) is 38.5 Å². The van der Waals surface area contributed by atoms with Crippen molar-refractivity contribution in [3.05, 3.63) is 75.9 Å². The Morgan fingerprint density at radius 2 is 1.76 bits per heavy atom. The van der Waals surface area contributed by atoms with Crippen LogP contribution in [0.25, 0.3) is 0 Å². The molecule has 0 amide bonds. The number of quaternary nitrogens is 1. The number of hydrogen-bond donors (Lipinski definition) is 2. The van der Waals surface area contributed by atoms with Crippen LogP contribution in [0.1, 0.15) is 51.3 Å². The van der Waals surface area contributed by atoms with Crippen LogP contribution in [0.4, 0.5) is 5.82 Å². The first-order valence-electron chi connectivity index (χ1n) is 12.9. The molecule has 0 spiro atoms. The molecule has 1 fully saturated rings. The van der Waals surface area contributed by atoms with E-state index in [0.29, 0.717) is 36.3 Å². The Balaban J connectivity index is 1.11. The first-order valence-corrected chi connectivity index (χ1v) is 12.9. The number of nitrogens with one attached hydrogen (secondary N) is 2. The van der Waals surface area contributed by atoms with Gasteiger partial charge in [-0.3, -0.25) is 14.5 Å². The number of aromatic nitrogens is 1. The van der Waals surface area contributed by atoms with Crippen LogP contribution in [-0.4, -0.2) is 78.3 Å². The molecule has 1 atom stereocenters. The summed E-state index contributed by atoms with van der Waals surface area (Å²) in [6.07, 6.45) is 2.23. The van der Waals surface area contributed by atoms with E-state index in [-0.39, 0.29) is 34.8 Å². The van der Waals surface area contributed by atoms with Gasteiger partial charge in [-0.2, -0.15) is 10.3 Å². The van der Waals surface area contributed by atoms with Crippen molar-refractivity contribution < 1.29 is 24.4 Å². The summed E-state index contributed by atoms with van der Waals surface area (Å²) in [6, 6.07) is 10.3. The summed E-state index contributed by atoms with van der Waals surface area (Å²) in [6.45, 7) is 8.69. The quantitative estimate of drug-likeness (QED) is 0.382. The molecule has 200 valence electrons. The van der Waals surface area contributed by atoms with Crippen molar-refractivity contribution in [2.24, 2.45) is 5.92 Å². The zero-order valence-electron chi connectivity index (χ0n) is 21.6. The average Bonchev–Trinajstić information content (AvgIpc) is 3.27. The number of piperazine rings is 1. The van der Waals surface area contributed by atoms with Gasteiger partial charge in [0.05, 0.1) is 18.7 Å². The Kier molecular flexibility index (Phi) is 7.41. The maximum absolute atomic E-state index is 13.1. The van der Waals surface area contributed by atoms with Crippen LogP contribution in [0.3, 0.4) is 0 Å². The predicted octanol–water partition coefficient (Wildman–Crippen LogP) is 0.815. The fourth-order valence-corrected chi connectivity index (χ4v) is 4.90. The standard InChI is InChI=1S/C27H32N6O5/c1-18(2)17-38-27(36)19-8-9-22(28-16-19)31-14-12-30(13-15-31)10-5-11-32-24-23(29-33(32)37)25(34)20-6-3-4-7-21(20)26(24)35/h3-4,6-9,16,18,29,33H,5,10-15,17H2,1-2H3.